The third kappa shape index (κ3) is 6.57. The summed E-state index contributed by atoms with van der Waals surface area (Å²) in [7, 11) is 0. The SMILES string of the molecule is CCOc1ccc(CC(CC(=O)O)NCC(C)C)cc1. The topological polar surface area (TPSA) is 58.6 Å². The van der Waals surface area contributed by atoms with E-state index >= 15 is 0 Å². The number of carbonyl (C=O) groups is 1. The second kappa shape index (κ2) is 8.59. The van der Waals surface area contributed by atoms with Crippen molar-refractivity contribution < 1.29 is 14.6 Å². The van der Waals surface area contributed by atoms with Crippen LogP contribution in [0.4, 0.5) is 0 Å². The van der Waals surface area contributed by atoms with Crippen molar-refractivity contribution in [2.45, 2.75) is 39.7 Å². The first-order valence-corrected chi connectivity index (χ1v) is 7.18. The normalized spacial score (nSPS) is 12.4. The number of rotatable bonds is 9. The van der Waals surface area contributed by atoms with Crippen LogP contribution in [0.25, 0.3) is 0 Å². The third-order valence-corrected chi connectivity index (χ3v) is 2.95. The van der Waals surface area contributed by atoms with E-state index < -0.39 is 5.97 Å². The van der Waals surface area contributed by atoms with Crippen LogP contribution in [0.3, 0.4) is 0 Å². The maximum Gasteiger partial charge on any atom is 0.304 e. The number of hydrogen-bond donors (Lipinski definition) is 2. The highest BCUT2D eigenvalue weighted by atomic mass is 16.5. The summed E-state index contributed by atoms with van der Waals surface area (Å²) in [6, 6.07) is 7.82. The van der Waals surface area contributed by atoms with Crippen molar-refractivity contribution in [3.05, 3.63) is 29.8 Å². The monoisotopic (exact) mass is 279 g/mol. The van der Waals surface area contributed by atoms with E-state index in [-0.39, 0.29) is 12.5 Å². The van der Waals surface area contributed by atoms with Crippen LogP contribution in [-0.2, 0) is 11.2 Å². The van der Waals surface area contributed by atoms with Crippen molar-refractivity contribution in [2.24, 2.45) is 5.92 Å². The number of benzene rings is 1. The Morgan fingerprint density at radius 1 is 1.30 bits per heavy atom. The van der Waals surface area contributed by atoms with E-state index in [0.717, 1.165) is 17.9 Å². The predicted octanol–water partition coefficient (Wildman–Crippen LogP) is 2.72. The van der Waals surface area contributed by atoms with E-state index in [1.165, 1.54) is 0 Å². The zero-order valence-electron chi connectivity index (χ0n) is 12.6. The van der Waals surface area contributed by atoms with Gasteiger partial charge in [0.25, 0.3) is 0 Å². The molecule has 0 saturated carbocycles. The molecule has 4 heteroatoms. The minimum Gasteiger partial charge on any atom is -0.494 e. The van der Waals surface area contributed by atoms with Crippen molar-refractivity contribution in [1.29, 1.82) is 0 Å². The zero-order valence-corrected chi connectivity index (χ0v) is 12.6. The first-order chi connectivity index (χ1) is 9.51. The molecular formula is C16H25NO3. The number of carboxylic acids is 1. The molecule has 4 nitrogen and oxygen atoms in total. The second-order valence-electron chi connectivity index (χ2n) is 5.38. The lowest BCUT2D eigenvalue weighted by Crippen LogP contribution is -2.35. The summed E-state index contributed by atoms with van der Waals surface area (Å²) in [5.41, 5.74) is 1.12. The van der Waals surface area contributed by atoms with Gasteiger partial charge in [0.1, 0.15) is 5.75 Å². The number of ether oxygens (including phenoxy) is 1. The zero-order chi connectivity index (χ0) is 15.0. The lowest BCUT2D eigenvalue weighted by atomic mass is 10.0. The van der Waals surface area contributed by atoms with Crippen LogP contribution in [0, 0.1) is 5.92 Å². The average Bonchev–Trinajstić information content (AvgIpc) is 2.38. The van der Waals surface area contributed by atoms with E-state index in [1.54, 1.807) is 0 Å². The van der Waals surface area contributed by atoms with Gasteiger partial charge in [-0.1, -0.05) is 26.0 Å². The number of carboxylic acid groups (broad SMARTS) is 1. The maximum absolute atomic E-state index is 10.9. The quantitative estimate of drug-likeness (QED) is 0.729. The van der Waals surface area contributed by atoms with Crippen LogP contribution >= 0.6 is 0 Å². The average molecular weight is 279 g/mol. The van der Waals surface area contributed by atoms with Gasteiger partial charge in [0.15, 0.2) is 0 Å². The molecule has 1 aromatic rings. The van der Waals surface area contributed by atoms with Crippen LogP contribution in [0.1, 0.15) is 32.8 Å². The molecule has 0 spiro atoms. The molecule has 0 fully saturated rings. The summed E-state index contributed by atoms with van der Waals surface area (Å²) in [5, 5.41) is 12.3. The molecule has 0 bridgehead atoms. The van der Waals surface area contributed by atoms with Gasteiger partial charge in [-0.05, 0) is 43.5 Å². The molecule has 0 radical (unpaired) electrons. The summed E-state index contributed by atoms with van der Waals surface area (Å²) >= 11 is 0. The number of nitrogens with one attached hydrogen (secondary N) is 1. The fraction of sp³-hybridized carbons (Fsp3) is 0.562. The molecule has 0 saturated heterocycles. The van der Waals surface area contributed by atoms with E-state index in [1.807, 2.05) is 31.2 Å². The fourth-order valence-corrected chi connectivity index (χ4v) is 2.00. The van der Waals surface area contributed by atoms with Crippen LogP contribution < -0.4 is 10.1 Å². The lowest BCUT2D eigenvalue weighted by molar-refractivity contribution is -0.137. The Kier molecular flexibility index (Phi) is 7.09. The second-order valence-corrected chi connectivity index (χ2v) is 5.38. The van der Waals surface area contributed by atoms with Crippen LogP contribution in [0.15, 0.2) is 24.3 Å². The minimum absolute atomic E-state index is 0.0344. The maximum atomic E-state index is 10.9. The van der Waals surface area contributed by atoms with E-state index in [4.69, 9.17) is 9.84 Å². The van der Waals surface area contributed by atoms with Gasteiger partial charge >= 0.3 is 5.97 Å². The van der Waals surface area contributed by atoms with Gasteiger partial charge in [-0.3, -0.25) is 4.79 Å². The molecule has 0 aliphatic heterocycles. The van der Waals surface area contributed by atoms with Crippen molar-refractivity contribution in [2.75, 3.05) is 13.2 Å². The van der Waals surface area contributed by atoms with Gasteiger partial charge in [0, 0.05) is 6.04 Å². The fourth-order valence-electron chi connectivity index (χ4n) is 2.00. The lowest BCUT2D eigenvalue weighted by Gasteiger charge is -2.18. The van der Waals surface area contributed by atoms with Crippen LogP contribution in [0.5, 0.6) is 5.75 Å². The summed E-state index contributed by atoms with van der Waals surface area (Å²) in [6.45, 7) is 7.65. The Morgan fingerprint density at radius 3 is 2.45 bits per heavy atom. The summed E-state index contributed by atoms with van der Waals surface area (Å²) in [4.78, 5) is 10.9. The molecule has 0 aliphatic rings. The summed E-state index contributed by atoms with van der Waals surface area (Å²) in [6.07, 6.45) is 0.853. The molecule has 0 heterocycles. The molecule has 1 atom stereocenters. The summed E-state index contributed by atoms with van der Waals surface area (Å²) in [5.74, 6) is 0.588. The minimum atomic E-state index is -0.766. The van der Waals surface area contributed by atoms with Crippen molar-refractivity contribution in [3.63, 3.8) is 0 Å². The number of aliphatic carboxylic acids is 1. The molecular weight excluding hydrogens is 254 g/mol. The molecule has 1 unspecified atom stereocenters. The van der Waals surface area contributed by atoms with E-state index in [2.05, 4.69) is 19.2 Å². The number of hydrogen-bond acceptors (Lipinski definition) is 3. The van der Waals surface area contributed by atoms with Crippen molar-refractivity contribution in [3.8, 4) is 5.75 Å². The molecule has 0 aromatic heterocycles. The molecule has 112 valence electrons. The van der Waals surface area contributed by atoms with Crippen molar-refractivity contribution >= 4 is 5.97 Å². The Balaban J connectivity index is 2.60. The highest BCUT2D eigenvalue weighted by molar-refractivity contribution is 5.67. The van der Waals surface area contributed by atoms with Gasteiger partial charge in [-0.2, -0.15) is 0 Å². The molecule has 20 heavy (non-hydrogen) atoms. The molecule has 0 aliphatic carbocycles. The van der Waals surface area contributed by atoms with Gasteiger partial charge in [0.2, 0.25) is 0 Å². The third-order valence-electron chi connectivity index (χ3n) is 2.95. The van der Waals surface area contributed by atoms with Crippen molar-refractivity contribution in [1.82, 2.24) is 5.32 Å². The first-order valence-electron chi connectivity index (χ1n) is 7.18. The molecule has 1 rings (SSSR count). The molecule has 2 N–H and O–H groups in total. The largest absolute Gasteiger partial charge is 0.494 e. The molecule has 1 aromatic carbocycles. The van der Waals surface area contributed by atoms with Gasteiger partial charge < -0.3 is 15.2 Å². The summed E-state index contributed by atoms with van der Waals surface area (Å²) < 4.78 is 5.40. The Labute approximate surface area is 121 Å². The van der Waals surface area contributed by atoms with Crippen LogP contribution in [-0.4, -0.2) is 30.3 Å². The van der Waals surface area contributed by atoms with E-state index in [0.29, 0.717) is 18.9 Å². The Hall–Kier alpha value is -1.55. The van der Waals surface area contributed by atoms with Gasteiger partial charge in [-0.15, -0.1) is 0 Å². The van der Waals surface area contributed by atoms with Gasteiger partial charge in [0.05, 0.1) is 13.0 Å². The molecule has 0 amide bonds. The Morgan fingerprint density at radius 2 is 1.95 bits per heavy atom. The highest BCUT2D eigenvalue weighted by Crippen LogP contribution is 2.14. The standard InChI is InChI=1S/C16H25NO3/c1-4-20-15-7-5-13(6-8-15)9-14(10-16(18)19)17-11-12(2)3/h5-8,12,14,17H,4,9-11H2,1-3H3,(H,18,19). The highest BCUT2D eigenvalue weighted by Gasteiger charge is 2.14. The van der Waals surface area contributed by atoms with Gasteiger partial charge in [-0.25, -0.2) is 0 Å². The smallest absolute Gasteiger partial charge is 0.304 e. The first kappa shape index (κ1) is 16.5. The van der Waals surface area contributed by atoms with Crippen LogP contribution in [0.2, 0.25) is 0 Å². The predicted molar refractivity (Wildman–Crippen MR) is 80.2 cm³/mol. The Bertz CT molecular complexity index is 401. The van der Waals surface area contributed by atoms with E-state index in [9.17, 15) is 4.79 Å².